The van der Waals surface area contributed by atoms with Gasteiger partial charge in [0.2, 0.25) is 0 Å². The highest BCUT2D eigenvalue weighted by molar-refractivity contribution is 6.08. The van der Waals surface area contributed by atoms with Crippen LogP contribution in [0.15, 0.2) is 109 Å². The number of rotatable bonds is 5. The Hall–Kier alpha value is -4.04. The fourth-order valence-corrected chi connectivity index (χ4v) is 6.17. The normalized spacial score (nSPS) is 18.5. The highest BCUT2D eigenvalue weighted by Crippen LogP contribution is 2.50. The van der Waals surface area contributed by atoms with E-state index in [1.807, 2.05) is 0 Å². The average Bonchev–Trinajstić information content (AvgIpc) is 3.47. The van der Waals surface area contributed by atoms with E-state index in [1.54, 1.807) is 0 Å². The molecular weight excluding hydrogens is 436 g/mol. The Labute approximate surface area is 212 Å². The van der Waals surface area contributed by atoms with Crippen LogP contribution in [0.3, 0.4) is 0 Å². The van der Waals surface area contributed by atoms with E-state index in [9.17, 15) is 0 Å². The molecule has 2 aliphatic rings. The van der Waals surface area contributed by atoms with Gasteiger partial charge in [-0.3, -0.25) is 0 Å². The Balaban J connectivity index is 1.31. The maximum absolute atomic E-state index is 3.56. The molecule has 2 atom stereocenters. The van der Waals surface area contributed by atoms with Gasteiger partial charge in [0, 0.05) is 39.1 Å². The quantitative estimate of drug-likeness (QED) is 0.274. The van der Waals surface area contributed by atoms with Crippen molar-refractivity contribution < 1.29 is 0 Å². The second kappa shape index (κ2) is 8.57. The molecular formula is C34H30N2. The molecule has 5 aromatic rings. The van der Waals surface area contributed by atoms with Crippen molar-refractivity contribution in [1.82, 2.24) is 4.98 Å². The van der Waals surface area contributed by atoms with Crippen molar-refractivity contribution in [3.8, 4) is 0 Å². The predicted molar refractivity (Wildman–Crippen MR) is 153 cm³/mol. The molecule has 0 saturated heterocycles. The standard InChI is InChI=1S/C34H30N2/c1-2-3-10-23-11-4-8-15-32(23)36-33-16-9-6-13-27(33)29-22-25(18-20-34(29)36)24-17-19-31-28(21-24)26-12-5-7-14-30(26)35-31/h4-9,11-22,29,34-35H,2-3,10H2,1H3. The second-order valence-corrected chi connectivity index (χ2v) is 10.1. The van der Waals surface area contributed by atoms with Crippen LogP contribution in [0.4, 0.5) is 11.4 Å². The molecule has 36 heavy (non-hydrogen) atoms. The second-order valence-electron chi connectivity index (χ2n) is 10.1. The number of allylic oxidation sites excluding steroid dienone is 2. The molecule has 2 unspecified atom stereocenters. The van der Waals surface area contributed by atoms with Crippen molar-refractivity contribution in [1.29, 1.82) is 0 Å². The first-order chi connectivity index (χ1) is 17.8. The Kier molecular flexibility index (Phi) is 5.06. The van der Waals surface area contributed by atoms with Crippen molar-refractivity contribution in [2.24, 2.45) is 0 Å². The van der Waals surface area contributed by atoms with Gasteiger partial charge in [-0.1, -0.05) is 92.2 Å². The number of fused-ring (bicyclic) bond motifs is 6. The third-order valence-electron chi connectivity index (χ3n) is 7.94. The van der Waals surface area contributed by atoms with Crippen LogP contribution in [0.2, 0.25) is 0 Å². The molecule has 1 N–H and O–H groups in total. The van der Waals surface area contributed by atoms with Gasteiger partial charge in [-0.05, 0) is 65.4 Å². The minimum absolute atomic E-state index is 0.297. The molecule has 0 saturated carbocycles. The van der Waals surface area contributed by atoms with Gasteiger partial charge in [0.25, 0.3) is 0 Å². The Morgan fingerprint density at radius 2 is 1.56 bits per heavy atom. The number of unbranched alkanes of at least 4 members (excludes halogenated alkanes) is 1. The van der Waals surface area contributed by atoms with E-state index in [4.69, 9.17) is 0 Å². The summed E-state index contributed by atoms with van der Waals surface area (Å²) in [5.41, 5.74) is 10.5. The number of hydrogen-bond acceptors (Lipinski definition) is 1. The number of para-hydroxylation sites is 3. The number of benzene rings is 4. The summed E-state index contributed by atoms with van der Waals surface area (Å²) in [6.07, 6.45) is 10.8. The van der Waals surface area contributed by atoms with Crippen LogP contribution in [0.1, 0.15) is 42.4 Å². The van der Waals surface area contributed by atoms with Crippen molar-refractivity contribution in [2.45, 2.75) is 38.1 Å². The van der Waals surface area contributed by atoms with Crippen LogP contribution in [-0.4, -0.2) is 11.0 Å². The lowest BCUT2D eigenvalue weighted by Crippen LogP contribution is -2.29. The summed E-state index contributed by atoms with van der Waals surface area (Å²) >= 11 is 0. The largest absolute Gasteiger partial charge is 0.355 e. The molecule has 0 bridgehead atoms. The number of hydrogen-bond donors (Lipinski definition) is 1. The maximum atomic E-state index is 3.56. The molecule has 7 rings (SSSR count). The van der Waals surface area contributed by atoms with E-state index >= 15 is 0 Å². The first-order valence-corrected chi connectivity index (χ1v) is 13.2. The molecule has 2 heteroatoms. The summed E-state index contributed by atoms with van der Waals surface area (Å²) in [7, 11) is 0. The van der Waals surface area contributed by atoms with Crippen molar-refractivity contribution in [3.63, 3.8) is 0 Å². The van der Waals surface area contributed by atoms with E-state index in [0.29, 0.717) is 12.0 Å². The highest BCUT2D eigenvalue weighted by atomic mass is 15.2. The molecule has 1 aromatic heterocycles. The molecule has 0 amide bonds. The maximum Gasteiger partial charge on any atom is 0.0630 e. The zero-order valence-electron chi connectivity index (χ0n) is 20.6. The van der Waals surface area contributed by atoms with E-state index in [-0.39, 0.29) is 0 Å². The van der Waals surface area contributed by atoms with Gasteiger partial charge < -0.3 is 9.88 Å². The topological polar surface area (TPSA) is 19.0 Å². The third kappa shape index (κ3) is 3.32. The van der Waals surface area contributed by atoms with E-state index in [1.165, 1.54) is 68.3 Å². The molecule has 1 aliphatic heterocycles. The highest BCUT2D eigenvalue weighted by Gasteiger charge is 2.38. The van der Waals surface area contributed by atoms with E-state index < -0.39 is 0 Å². The van der Waals surface area contributed by atoms with Crippen molar-refractivity contribution in [2.75, 3.05) is 4.90 Å². The van der Waals surface area contributed by atoms with Gasteiger partial charge in [0.15, 0.2) is 0 Å². The monoisotopic (exact) mass is 466 g/mol. The molecule has 0 radical (unpaired) electrons. The Bertz CT molecular complexity index is 1650. The summed E-state index contributed by atoms with van der Waals surface area (Å²) in [5, 5.41) is 2.58. The zero-order chi connectivity index (χ0) is 24.1. The summed E-state index contributed by atoms with van der Waals surface area (Å²) in [6.45, 7) is 2.27. The third-order valence-corrected chi connectivity index (χ3v) is 7.94. The number of aromatic amines is 1. The molecule has 4 aromatic carbocycles. The number of aryl methyl sites for hydroxylation is 1. The fraction of sp³-hybridized carbons (Fsp3) is 0.176. The number of aromatic nitrogens is 1. The van der Waals surface area contributed by atoms with Gasteiger partial charge in [0.1, 0.15) is 0 Å². The van der Waals surface area contributed by atoms with Gasteiger partial charge in [-0.15, -0.1) is 0 Å². The Morgan fingerprint density at radius 1 is 0.778 bits per heavy atom. The molecule has 0 fully saturated rings. The summed E-state index contributed by atoms with van der Waals surface area (Å²) in [6, 6.07) is 33.7. The van der Waals surface area contributed by atoms with Gasteiger partial charge in [-0.2, -0.15) is 0 Å². The van der Waals surface area contributed by atoms with E-state index in [0.717, 1.165) is 6.42 Å². The smallest absolute Gasteiger partial charge is 0.0630 e. The van der Waals surface area contributed by atoms with Crippen LogP contribution < -0.4 is 4.90 Å². The molecule has 1 aliphatic carbocycles. The minimum Gasteiger partial charge on any atom is -0.355 e. The molecule has 2 heterocycles. The fourth-order valence-electron chi connectivity index (χ4n) is 6.17. The summed E-state index contributed by atoms with van der Waals surface area (Å²) in [4.78, 5) is 6.14. The lowest BCUT2D eigenvalue weighted by molar-refractivity contribution is 0.738. The van der Waals surface area contributed by atoms with E-state index in [2.05, 4.69) is 126 Å². The van der Waals surface area contributed by atoms with Crippen LogP contribution in [-0.2, 0) is 6.42 Å². The number of H-pyrrole nitrogens is 1. The molecule has 176 valence electrons. The summed E-state index contributed by atoms with van der Waals surface area (Å²) in [5.74, 6) is 0.332. The van der Waals surface area contributed by atoms with Gasteiger partial charge in [-0.25, -0.2) is 0 Å². The molecule has 2 nitrogen and oxygen atoms in total. The van der Waals surface area contributed by atoms with Crippen LogP contribution >= 0.6 is 0 Å². The first-order valence-electron chi connectivity index (χ1n) is 13.2. The van der Waals surface area contributed by atoms with Crippen molar-refractivity contribution in [3.05, 3.63) is 126 Å². The number of nitrogens with one attached hydrogen (secondary N) is 1. The first kappa shape index (κ1) is 21.3. The predicted octanol–water partition coefficient (Wildman–Crippen LogP) is 8.92. The average molecular weight is 467 g/mol. The van der Waals surface area contributed by atoms with Gasteiger partial charge in [0.05, 0.1) is 6.04 Å². The van der Waals surface area contributed by atoms with Gasteiger partial charge >= 0.3 is 0 Å². The zero-order valence-corrected chi connectivity index (χ0v) is 20.6. The van der Waals surface area contributed by atoms with Crippen molar-refractivity contribution >= 4 is 38.8 Å². The summed E-state index contributed by atoms with van der Waals surface area (Å²) < 4.78 is 0. The number of anilines is 2. The van der Waals surface area contributed by atoms with Crippen LogP contribution in [0, 0.1) is 0 Å². The lowest BCUT2D eigenvalue weighted by atomic mass is 9.86. The van der Waals surface area contributed by atoms with Crippen LogP contribution in [0.25, 0.3) is 27.4 Å². The Morgan fingerprint density at radius 3 is 2.47 bits per heavy atom. The molecule has 0 spiro atoms. The SMILES string of the molecule is CCCCc1ccccc1N1c2ccccc2C2C=C(c3ccc4[nH]c5ccccc5c4c3)C=CC21. The van der Waals surface area contributed by atoms with Crippen LogP contribution in [0.5, 0.6) is 0 Å². The minimum atomic E-state index is 0.297. The number of nitrogens with zero attached hydrogens (tertiary/aromatic N) is 1. The lowest BCUT2D eigenvalue weighted by Gasteiger charge is -2.31.